The Morgan fingerprint density at radius 3 is 2.73 bits per heavy atom. The van der Waals surface area contributed by atoms with Crippen LogP contribution in [0.3, 0.4) is 0 Å². The standard InChI is InChI=1S/C22H29N5O3/c1-30-19-4-2-3-18(13-19)14-21(28)27-12-11-26(15-17-5-8-24-9-6-17)16-20(27)22(29)25-10-7-23/h2-6,8-9,13,20H,7,10-12,14-16,23H2,1H3,(H,25,29). The molecule has 1 fully saturated rings. The molecule has 2 heterocycles. The molecule has 0 bridgehead atoms. The number of aromatic nitrogens is 1. The van der Waals surface area contributed by atoms with Crippen LogP contribution < -0.4 is 15.8 Å². The number of rotatable bonds is 8. The fraction of sp³-hybridized carbons (Fsp3) is 0.409. The van der Waals surface area contributed by atoms with Gasteiger partial charge in [0.15, 0.2) is 0 Å². The van der Waals surface area contributed by atoms with Crippen molar-refractivity contribution in [1.29, 1.82) is 0 Å². The number of amides is 2. The number of benzene rings is 1. The largest absolute Gasteiger partial charge is 0.497 e. The molecule has 1 aliphatic rings. The van der Waals surface area contributed by atoms with E-state index in [1.54, 1.807) is 24.4 Å². The maximum absolute atomic E-state index is 13.1. The zero-order chi connectivity index (χ0) is 21.3. The SMILES string of the molecule is COc1cccc(CC(=O)N2CCN(Cc3ccncc3)CC2C(=O)NCCN)c1. The molecule has 160 valence electrons. The fourth-order valence-electron chi connectivity index (χ4n) is 3.62. The number of carbonyl (C=O) groups excluding carboxylic acids is 2. The second-order valence-electron chi connectivity index (χ2n) is 7.30. The van der Waals surface area contributed by atoms with Crippen molar-refractivity contribution in [3.05, 3.63) is 59.9 Å². The van der Waals surface area contributed by atoms with Gasteiger partial charge in [0.25, 0.3) is 0 Å². The highest BCUT2D eigenvalue weighted by Gasteiger charge is 2.35. The van der Waals surface area contributed by atoms with E-state index in [2.05, 4.69) is 15.2 Å². The first-order chi connectivity index (χ1) is 14.6. The van der Waals surface area contributed by atoms with Gasteiger partial charge in [-0.1, -0.05) is 12.1 Å². The van der Waals surface area contributed by atoms with Gasteiger partial charge in [0.1, 0.15) is 11.8 Å². The average Bonchev–Trinajstić information content (AvgIpc) is 2.78. The van der Waals surface area contributed by atoms with Crippen molar-refractivity contribution < 1.29 is 14.3 Å². The smallest absolute Gasteiger partial charge is 0.244 e. The van der Waals surface area contributed by atoms with Gasteiger partial charge < -0.3 is 20.7 Å². The molecule has 3 rings (SSSR count). The minimum Gasteiger partial charge on any atom is -0.497 e. The number of carbonyl (C=O) groups is 2. The van der Waals surface area contributed by atoms with Gasteiger partial charge in [0.2, 0.25) is 11.8 Å². The monoisotopic (exact) mass is 411 g/mol. The van der Waals surface area contributed by atoms with Crippen LogP contribution in [0.25, 0.3) is 0 Å². The highest BCUT2D eigenvalue weighted by molar-refractivity contribution is 5.89. The molecular formula is C22H29N5O3. The second kappa shape index (κ2) is 10.7. The maximum atomic E-state index is 13.1. The average molecular weight is 412 g/mol. The first-order valence-corrected chi connectivity index (χ1v) is 10.1. The number of methoxy groups -OCH3 is 1. The molecule has 1 aromatic carbocycles. The number of nitrogens with one attached hydrogen (secondary N) is 1. The number of hydrogen-bond donors (Lipinski definition) is 2. The number of hydrogen-bond acceptors (Lipinski definition) is 6. The van der Waals surface area contributed by atoms with E-state index >= 15 is 0 Å². The minimum absolute atomic E-state index is 0.0697. The predicted octanol–water partition coefficient (Wildman–Crippen LogP) is 0.421. The zero-order valence-corrected chi connectivity index (χ0v) is 17.3. The number of pyridine rings is 1. The molecule has 1 unspecified atom stereocenters. The van der Waals surface area contributed by atoms with Crippen LogP contribution in [0.1, 0.15) is 11.1 Å². The van der Waals surface area contributed by atoms with Gasteiger partial charge >= 0.3 is 0 Å². The van der Waals surface area contributed by atoms with Crippen molar-refractivity contribution in [2.75, 3.05) is 39.8 Å². The number of piperazine rings is 1. The van der Waals surface area contributed by atoms with Crippen LogP contribution in [-0.4, -0.2) is 72.5 Å². The molecule has 30 heavy (non-hydrogen) atoms. The van der Waals surface area contributed by atoms with Gasteiger partial charge in [-0.25, -0.2) is 0 Å². The van der Waals surface area contributed by atoms with Crippen LogP contribution in [0.2, 0.25) is 0 Å². The molecule has 0 saturated carbocycles. The molecule has 0 radical (unpaired) electrons. The molecule has 2 aromatic rings. The van der Waals surface area contributed by atoms with Crippen LogP contribution in [0.15, 0.2) is 48.8 Å². The zero-order valence-electron chi connectivity index (χ0n) is 17.3. The van der Waals surface area contributed by atoms with Crippen molar-refractivity contribution in [2.24, 2.45) is 5.73 Å². The van der Waals surface area contributed by atoms with E-state index in [0.717, 1.165) is 11.1 Å². The van der Waals surface area contributed by atoms with Crippen molar-refractivity contribution >= 4 is 11.8 Å². The summed E-state index contributed by atoms with van der Waals surface area (Å²) in [7, 11) is 1.60. The number of nitrogens with zero attached hydrogens (tertiary/aromatic N) is 3. The van der Waals surface area contributed by atoms with Crippen LogP contribution in [0.4, 0.5) is 0 Å². The van der Waals surface area contributed by atoms with Crippen LogP contribution in [-0.2, 0) is 22.6 Å². The highest BCUT2D eigenvalue weighted by Crippen LogP contribution is 2.18. The lowest BCUT2D eigenvalue weighted by Gasteiger charge is -2.40. The molecule has 0 spiro atoms. The molecule has 8 nitrogen and oxygen atoms in total. The summed E-state index contributed by atoms with van der Waals surface area (Å²) >= 11 is 0. The van der Waals surface area contributed by atoms with Crippen molar-refractivity contribution in [1.82, 2.24) is 20.1 Å². The Labute approximate surface area is 177 Å². The molecule has 1 saturated heterocycles. The summed E-state index contributed by atoms with van der Waals surface area (Å²) in [6.45, 7) is 3.12. The molecule has 1 aliphatic heterocycles. The summed E-state index contributed by atoms with van der Waals surface area (Å²) in [5.74, 6) is 0.471. The predicted molar refractivity (Wildman–Crippen MR) is 114 cm³/mol. The van der Waals surface area contributed by atoms with Crippen molar-refractivity contribution in [3.63, 3.8) is 0 Å². The molecule has 2 amide bonds. The Morgan fingerprint density at radius 2 is 2.00 bits per heavy atom. The summed E-state index contributed by atoms with van der Waals surface area (Å²) in [5.41, 5.74) is 7.52. The van der Waals surface area contributed by atoms with Gasteiger partial charge in [-0.2, -0.15) is 0 Å². The summed E-state index contributed by atoms with van der Waals surface area (Å²) in [5, 5.41) is 2.84. The number of nitrogens with two attached hydrogens (primary N) is 1. The van der Waals surface area contributed by atoms with Gasteiger partial charge in [-0.3, -0.25) is 19.5 Å². The van der Waals surface area contributed by atoms with E-state index in [0.29, 0.717) is 45.0 Å². The van der Waals surface area contributed by atoms with Crippen LogP contribution in [0, 0.1) is 0 Å². The molecule has 0 aliphatic carbocycles. The van der Waals surface area contributed by atoms with E-state index in [-0.39, 0.29) is 18.2 Å². The Morgan fingerprint density at radius 1 is 1.20 bits per heavy atom. The lowest BCUT2D eigenvalue weighted by Crippen LogP contribution is -2.60. The third-order valence-electron chi connectivity index (χ3n) is 5.18. The summed E-state index contributed by atoms with van der Waals surface area (Å²) < 4.78 is 5.24. The second-order valence-corrected chi connectivity index (χ2v) is 7.30. The Hall–Kier alpha value is -2.97. The molecular weight excluding hydrogens is 382 g/mol. The summed E-state index contributed by atoms with van der Waals surface area (Å²) in [4.78, 5) is 33.8. The Bertz CT molecular complexity index is 846. The molecule has 8 heteroatoms. The van der Waals surface area contributed by atoms with Crippen molar-refractivity contribution in [2.45, 2.75) is 19.0 Å². The van der Waals surface area contributed by atoms with Gasteiger partial charge in [-0.05, 0) is 35.4 Å². The molecule has 3 N–H and O–H groups in total. The first kappa shape index (κ1) is 21.7. The van der Waals surface area contributed by atoms with Gasteiger partial charge in [0.05, 0.1) is 13.5 Å². The quantitative estimate of drug-likeness (QED) is 0.653. The minimum atomic E-state index is -0.551. The van der Waals surface area contributed by atoms with Gasteiger partial charge in [-0.15, -0.1) is 0 Å². The summed E-state index contributed by atoms with van der Waals surface area (Å²) in [6, 6.07) is 10.8. The maximum Gasteiger partial charge on any atom is 0.244 e. The van der Waals surface area contributed by atoms with E-state index < -0.39 is 6.04 Å². The molecule has 1 atom stereocenters. The van der Waals surface area contributed by atoms with E-state index in [1.807, 2.05) is 36.4 Å². The van der Waals surface area contributed by atoms with Crippen LogP contribution >= 0.6 is 0 Å². The summed E-state index contributed by atoms with van der Waals surface area (Å²) in [6.07, 6.45) is 3.74. The fourth-order valence-corrected chi connectivity index (χ4v) is 3.62. The van der Waals surface area contributed by atoms with E-state index in [9.17, 15) is 9.59 Å². The van der Waals surface area contributed by atoms with E-state index in [1.165, 1.54) is 0 Å². The van der Waals surface area contributed by atoms with Gasteiger partial charge in [0, 0.05) is 51.7 Å². The Balaban J connectivity index is 1.71. The van der Waals surface area contributed by atoms with E-state index in [4.69, 9.17) is 10.5 Å². The normalized spacial score (nSPS) is 16.9. The topological polar surface area (TPSA) is 101 Å². The number of ether oxygens (including phenoxy) is 1. The molecule has 1 aromatic heterocycles. The third kappa shape index (κ3) is 5.77. The lowest BCUT2D eigenvalue weighted by atomic mass is 10.1. The highest BCUT2D eigenvalue weighted by atomic mass is 16.5. The first-order valence-electron chi connectivity index (χ1n) is 10.1. The Kier molecular flexibility index (Phi) is 7.75. The van der Waals surface area contributed by atoms with Crippen molar-refractivity contribution in [3.8, 4) is 5.75 Å². The third-order valence-corrected chi connectivity index (χ3v) is 5.18. The lowest BCUT2D eigenvalue weighted by molar-refractivity contribution is -0.143. The van der Waals surface area contributed by atoms with Crippen LogP contribution in [0.5, 0.6) is 5.75 Å².